The predicted molar refractivity (Wildman–Crippen MR) is 106 cm³/mol. The maximum atomic E-state index is 5.58. The Morgan fingerprint density at radius 3 is 2.88 bits per heavy atom. The summed E-state index contributed by atoms with van der Waals surface area (Å²) in [4.78, 5) is 13.0. The van der Waals surface area contributed by atoms with E-state index in [9.17, 15) is 0 Å². The van der Waals surface area contributed by atoms with E-state index in [1.54, 1.807) is 13.4 Å². The van der Waals surface area contributed by atoms with E-state index in [1.165, 1.54) is 39.1 Å². The molecule has 5 nitrogen and oxygen atoms in total. The van der Waals surface area contributed by atoms with Crippen LogP contribution in [0.25, 0.3) is 10.2 Å². The molecule has 2 N–H and O–H groups in total. The number of hydrogen-bond donors (Lipinski definition) is 2. The summed E-state index contributed by atoms with van der Waals surface area (Å²) in [7, 11) is 6.09. The molecule has 1 atom stereocenters. The smallest absolute Gasteiger partial charge is 0.138 e. The van der Waals surface area contributed by atoms with Gasteiger partial charge in [0.25, 0.3) is 0 Å². The third-order valence-corrected chi connectivity index (χ3v) is 6.39. The van der Waals surface area contributed by atoms with E-state index in [2.05, 4.69) is 41.5 Å². The molecule has 136 valence electrons. The minimum Gasteiger partial charge on any atom is -0.496 e. The van der Waals surface area contributed by atoms with Gasteiger partial charge >= 0.3 is 0 Å². The molecule has 1 aliphatic carbocycles. The molecule has 0 unspecified atom stereocenters. The van der Waals surface area contributed by atoms with Crippen LogP contribution >= 0.6 is 11.3 Å². The zero-order valence-electron chi connectivity index (χ0n) is 15.5. The standard InChI is InChI=1S/C20H24N4OS/c1-24(2)15(13-7-4-5-9-16(13)25-3)11-21-19-18-14-8-6-10-17(14)26-20(18)23-12-22-19/h4-5,7,9,12,15H,6,8,10-11H2,1-3H3,(H,21,22,23)/p+1/t15-/m0/s1. The van der Waals surface area contributed by atoms with Crippen LogP contribution < -0.4 is 15.0 Å². The number of aryl methyl sites for hydroxylation is 2. The summed E-state index contributed by atoms with van der Waals surface area (Å²) in [6, 6.07) is 8.53. The van der Waals surface area contributed by atoms with Gasteiger partial charge < -0.3 is 15.0 Å². The Hall–Kier alpha value is -2.18. The van der Waals surface area contributed by atoms with E-state index in [0.29, 0.717) is 0 Å². The van der Waals surface area contributed by atoms with Crippen molar-refractivity contribution in [3.63, 3.8) is 0 Å². The summed E-state index contributed by atoms with van der Waals surface area (Å²) in [6.45, 7) is 0.791. The Labute approximate surface area is 158 Å². The molecule has 0 spiro atoms. The zero-order valence-corrected chi connectivity index (χ0v) is 16.3. The van der Waals surface area contributed by atoms with Crippen molar-refractivity contribution >= 4 is 27.4 Å². The van der Waals surface area contributed by atoms with Crippen molar-refractivity contribution in [1.29, 1.82) is 0 Å². The van der Waals surface area contributed by atoms with Crippen LogP contribution in [0.2, 0.25) is 0 Å². The number of fused-ring (bicyclic) bond motifs is 3. The molecular weight excluding hydrogens is 344 g/mol. The van der Waals surface area contributed by atoms with Crippen LogP contribution in [-0.2, 0) is 12.8 Å². The Kier molecular flexibility index (Phi) is 4.78. The Balaban J connectivity index is 1.64. The van der Waals surface area contributed by atoms with Gasteiger partial charge in [0.15, 0.2) is 0 Å². The van der Waals surface area contributed by atoms with E-state index >= 15 is 0 Å². The molecule has 0 aliphatic heterocycles. The molecule has 3 aromatic rings. The van der Waals surface area contributed by atoms with Gasteiger partial charge in [-0.1, -0.05) is 12.1 Å². The largest absolute Gasteiger partial charge is 0.496 e. The average Bonchev–Trinajstić information content (AvgIpc) is 3.23. The van der Waals surface area contributed by atoms with Crippen LogP contribution in [0.4, 0.5) is 5.82 Å². The van der Waals surface area contributed by atoms with Crippen molar-refractivity contribution in [3.05, 3.63) is 46.6 Å². The SMILES string of the molecule is COc1ccccc1[C@H](CNc1ncnc2sc3c(c12)CCC3)[NH+](C)C. The summed E-state index contributed by atoms with van der Waals surface area (Å²) >= 11 is 1.83. The second-order valence-electron chi connectivity index (χ2n) is 7.01. The summed E-state index contributed by atoms with van der Waals surface area (Å²) in [6.07, 6.45) is 5.25. The molecule has 2 heterocycles. The van der Waals surface area contributed by atoms with Crippen LogP contribution in [-0.4, -0.2) is 37.7 Å². The molecule has 6 heteroatoms. The number of ether oxygens (including phenoxy) is 1. The lowest BCUT2D eigenvalue weighted by molar-refractivity contribution is -0.890. The Morgan fingerprint density at radius 2 is 2.08 bits per heavy atom. The summed E-state index contributed by atoms with van der Waals surface area (Å²) in [5, 5.41) is 4.85. The fourth-order valence-electron chi connectivity index (χ4n) is 3.84. The molecule has 1 aromatic carbocycles. The highest BCUT2D eigenvalue weighted by molar-refractivity contribution is 7.19. The minimum absolute atomic E-state index is 0.267. The number of thiophene rings is 1. The number of hydrogen-bond acceptors (Lipinski definition) is 5. The van der Waals surface area contributed by atoms with Gasteiger partial charge in [0, 0.05) is 4.88 Å². The summed E-state index contributed by atoms with van der Waals surface area (Å²) in [5.74, 6) is 1.90. The highest BCUT2D eigenvalue weighted by Gasteiger charge is 2.24. The zero-order chi connectivity index (χ0) is 18.1. The maximum absolute atomic E-state index is 5.58. The van der Waals surface area contributed by atoms with Crippen LogP contribution in [0.5, 0.6) is 5.75 Å². The molecule has 0 bridgehead atoms. The van der Waals surface area contributed by atoms with Gasteiger partial charge in [-0.15, -0.1) is 11.3 Å². The van der Waals surface area contributed by atoms with Crippen molar-refractivity contribution in [1.82, 2.24) is 9.97 Å². The van der Waals surface area contributed by atoms with E-state index in [1.807, 2.05) is 23.5 Å². The number of para-hydroxylation sites is 1. The van der Waals surface area contributed by atoms with E-state index in [0.717, 1.165) is 29.4 Å². The molecule has 0 saturated heterocycles. The number of nitrogens with one attached hydrogen (secondary N) is 2. The second-order valence-corrected chi connectivity index (χ2v) is 8.10. The number of methoxy groups -OCH3 is 1. The van der Waals surface area contributed by atoms with Crippen molar-refractivity contribution in [2.24, 2.45) is 0 Å². The van der Waals surface area contributed by atoms with E-state index in [-0.39, 0.29) is 6.04 Å². The Bertz CT molecular complexity index is 921. The number of anilines is 1. The van der Waals surface area contributed by atoms with Crippen LogP contribution in [0.1, 0.15) is 28.5 Å². The van der Waals surface area contributed by atoms with Crippen molar-refractivity contribution < 1.29 is 9.64 Å². The normalized spacial score (nSPS) is 14.6. The number of benzene rings is 1. The first-order valence-electron chi connectivity index (χ1n) is 9.11. The van der Waals surface area contributed by atoms with Crippen LogP contribution in [0, 0.1) is 0 Å². The highest BCUT2D eigenvalue weighted by atomic mass is 32.1. The number of quaternary nitrogens is 1. The predicted octanol–water partition coefficient (Wildman–Crippen LogP) is 2.49. The lowest BCUT2D eigenvalue weighted by Crippen LogP contribution is -3.06. The molecule has 4 rings (SSSR count). The van der Waals surface area contributed by atoms with E-state index < -0.39 is 0 Å². The van der Waals surface area contributed by atoms with Gasteiger partial charge in [0.2, 0.25) is 0 Å². The van der Waals surface area contributed by atoms with Crippen LogP contribution in [0.3, 0.4) is 0 Å². The molecule has 0 fully saturated rings. The van der Waals surface area contributed by atoms with Crippen LogP contribution in [0.15, 0.2) is 30.6 Å². The number of nitrogens with zero attached hydrogens (tertiary/aromatic N) is 2. The molecule has 1 aliphatic rings. The van der Waals surface area contributed by atoms with Gasteiger partial charge in [-0.05, 0) is 37.0 Å². The number of likely N-dealkylation sites (N-methyl/N-ethyl adjacent to an activating group) is 1. The lowest BCUT2D eigenvalue weighted by atomic mass is 10.0. The average molecular weight is 370 g/mol. The molecular formula is C20H25N4OS+. The number of rotatable bonds is 6. The Morgan fingerprint density at radius 1 is 1.23 bits per heavy atom. The van der Waals surface area contributed by atoms with Crippen molar-refractivity contribution in [3.8, 4) is 5.75 Å². The fraction of sp³-hybridized carbons (Fsp3) is 0.400. The third kappa shape index (κ3) is 3.04. The minimum atomic E-state index is 0.267. The first-order valence-corrected chi connectivity index (χ1v) is 9.92. The van der Waals surface area contributed by atoms with Gasteiger partial charge in [0.1, 0.15) is 28.8 Å². The molecule has 26 heavy (non-hydrogen) atoms. The monoisotopic (exact) mass is 369 g/mol. The molecule has 0 radical (unpaired) electrons. The quantitative estimate of drug-likeness (QED) is 0.701. The topological polar surface area (TPSA) is 51.5 Å². The van der Waals surface area contributed by atoms with Gasteiger partial charge in [-0.2, -0.15) is 0 Å². The number of aromatic nitrogens is 2. The fourth-order valence-corrected chi connectivity index (χ4v) is 5.07. The van der Waals surface area contributed by atoms with Gasteiger partial charge in [0.05, 0.1) is 38.7 Å². The molecule has 0 saturated carbocycles. The first-order chi connectivity index (χ1) is 12.7. The first kappa shape index (κ1) is 17.2. The summed E-state index contributed by atoms with van der Waals surface area (Å²) < 4.78 is 5.58. The second kappa shape index (κ2) is 7.21. The van der Waals surface area contributed by atoms with Crippen molar-refractivity contribution in [2.75, 3.05) is 33.1 Å². The highest BCUT2D eigenvalue weighted by Crippen LogP contribution is 2.39. The van der Waals surface area contributed by atoms with Gasteiger partial charge in [-0.25, -0.2) is 9.97 Å². The molecule has 2 aromatic heterocycles. The summed E-state index contributed by atoms with van der Waals surface area (Å²) in [5.41, 5.74) is 2.67. The van der Waals surface area contributed by atoms with E-state index in [4.69, 9.17) is 4.74 Å². The molecule has 0 amide bonds. The lowest BCUT2D eigenvalue weighted by Gasteiger charge is -2.24. The van der Waals surface area contributed by atoms with Gasteiger partial charge in [-0.3, -0.25) is 0 Å². The van der Waals surface area contributed by atoms with Crippen molar-refractivity contribution in [2.45, 2.75) is 25.3 Å². The third-order valence-electron chi connectivity index (χ3n) is 5.19. The maximum Gasteiger partial charge on any atom is 0.138 e.